The second-order valence-electron chi connectivity index (χ2n) is 6.43. The summed E-state index contributed by atoms with van der Waals surface area (Å²) >= 11 is 0. The van der Waals surface area contributed by atoms with Crippen LogP contribution in [0, 0.1) is 5.92 Å². The van der Waals surface area contributed by atoms with Gasteiger partial charge in [-0.1, -0.05) is 19.3 Å². The van der Waals surface area contributed by atoms with Crippen molar-refractivity contribution in [3.8, 4) is 0 Å². The van der Waals surface area contributed by atoms with E-state index >= 15 is 0 Å². The number of hydrogen-bond donors (Lipinski definition) is 1. The Morgan fingerprint density at radius 3 is 2.29 bits per heavy atom. The Morgan fingerprint density at radius 2 is 1.71 bits per heavy atom. The summed E-state index contributed by atoms with van der Waals surface area (Å²) in [4.78, 5) is 2.60. The minimum absolute atomic E-state index is 0.715. The summed E-state index contributed by atoms with van der Waals surface area (Å²) in [5, 5.41) is 3.89. The van der Waals surface area contributed by atoms with Crippen molar-refractivity contribution >= 4 is 0 Å². The van der Waals surface area contributed by atoms with Gasteiger partial charge in [-0.15, -0.1) is 0 Å². The van der Waals surface area contributed by atoms with Crippen molar-refractivity contribution in [2.45, 2.75) is 77.4 Å². The van der Waals surface area contributed by atoms with Gasteiger partial charge in [0.05, 0.1) is 0 Å². The van der Waals surface area contributed by atoms with E-state index in [9.17, 15) is 0 Å². The molecule has 0 aromatic carbocycles. The van der Waals surface area contributed by atoms with Crippen LogP contribution in [0.4, 0.5) is 0 Å². The number of nitrogens with zero attached hydrogens (tertiary/aromatic N) is 1. The summed E-state index contributed by atoms with van der Waals surface area (Å²) < 4.78 is 0. The van der Waals surface area contributed by atoms with Gasteiger partial charge in [-0.05, 0) is 52.5 Å². The Hall–Kier alpha value is -0.0800. The van der Waals surface area contributed by atoms with Crippen LogP contribution < -0.4 is 5.32 Å². The van der Waals surface area contributed by atoms with Gasteiger partial charge >= 0.3 is 0 Å². The standard InChI is InChI=1S/C15H30N2/c1-12(2)17-10-9-15(11-17)16-13(3)14-7-5-4-6-8-14/h12-16H,4-11H2,1-3H3. The highest BCUT2D eigenvalue weighted by Crippen LogP contribution is 2.27. The Bertz CT molecular complexity index is 221. The van der Waals surface area contributed by atoms with E-state index in [1.54, 1.807) is 0 Å². The van der Waals surface area contributed by atoms with Crippen molar-refractivity contribution in [1.82, 2.24) is 10.2 Å². The van der Waals surface area contributed by atoms with Crippen LogP contribution in [0.5, 0.6) is 0 Å². The fraction of sp³-hybridized carbons (Fsp3) is 1.00. The van der Waals surface area contributed by atoms with E-state index in [2.05, 4.69) is 31.0 Å². The summed E-state index contributed by atoms with van der Waals surface area (Å²) in [6.07, 6.45) is 8.63. The topological polar surface area (TPSA) is 15.3 Å². The second kappa shape index (κ2) is 6.19. The number of likely N-dealkylation sites (tertiary alicyclic amines) is 1. The van der Waals surface area contributed by atoms with Crippen LogP contribution in [0.1, 0.15) is 59.3 Å². The van der Waals surface area contributed by atoms with E-state index in [1.807, 2.05) is 0 Å². The lowest BCUT2D eigenvalue weighted by molar-refractivity contribution is 0.243. The predicted octanol–water partition coefficient (Wildman–Crippen LogP) is 3.03. The summed E-state index contributed by atoms with van der Waals surface area (Å²) in [7, 11) is 0. The molecule has 1 aliphatic heterocycles. The molecule has 1 N–H and O–H groups in total. The maximum Gasteiger partial charge on any atom is 0.0209 e. The third-order valence-electron chi connectivity index (χ3n) is 4.81. The highest BCUT2D eigenvalue weighted by Gasteiger charge is 2.27. The van der Waals surface area contributed by atoms with Crippen LogP contribution in [0.2, 0.25) is 0 Å². The van der Waals surface area contributed by atoms with Gasteiger partial charge in [0, 0.05) is 24.7 Å². The monoisotopic (exact) mass is 238 g/mol. The summed E-state index contributed by atoms with van der Waals surface area (Å²) in [6.45, 7) is 9.58. The molecule has 0 amide bonds. The van der Waals surface area contributed by atoms with Crippen molar-refractivity contribution in [1.29, 1.82) is 0 Å². The van der Waals surface area contributed by atoms with E-state index in [-0.39, 0.29) is 0 Å². The third kappa shape index (κ3) is 3.69. The fourth-order valence-corrected chi connectivity index (χ4v) is 3.53. The molecule has 2 aliphatic rings. The zero-order valence-electron chi connectivity index (χ0n) is 11.9. The smallest absolute Gasteiger partial charge is 0.0209 e. The highest BCUT2D eigenvalue weighted by molar-refractivity contribution is 4.86. The van der Waals surface area contributed by atoms with Crippen LogP contribution in [0.25, 0.3) is 0 Å². The Labute approximate surface area is 107 Å². The minimum Gasteiger partial charge on any atom is -0.310 e. The van der Waals surface area contributed by atoms with Crippen LogP contribution in [-0.4, -0.2) is 36.1 Å². The molecule has 2 nitrogen and oxygen atoms in total. The molecule has 0 radical (unpaired) electrons. The van der Waals surface area contributed by atoms with Gasteiger partial charge in [-0.2, -0.15) is 0 Å². The summed E-state index contributed by atoms with van der Waals surface area (Å²) in [5.41, 5.74) is 0. The molecule has 0 aromatic rings. The number of nitrogens with one attached hydrogen (secondary N) is 1. The average molecular weight is 238 g/mol. The van der Waals surface area contributed by atoms with E-state index in [4.69, 9.17) is 0 Å². The van der Waals surface area contributed by atoms with Crippen LogP contribution in [0.3, 0.4) is 0 Å². The first kappa shape index (κ1) is 13.4. The normalized spacial score (nSPS) is 30.0. The van der Waals surface area contributed by atoms with Crippen molar-refractivity contribution in [2.75, 3.05) is 13.1 Å². The molecule has 2 unspecified atom stereocenters. The van der Waals surface area contributed by atoms with Gasteiger partial charge in [0.2, 0.25) is 0 Å². The Morgan fingerprint density at radius 1 is 1.00 bits per heavy atom. The van der Waals surface area contributed by atoms with Crippen molar-refractivity contribution < 1.29 is 0 Å². The number of hydrogen-bond acceptors (Lipinski definition) is 2. The van der Waals surface area contributed by atoms with E-state index in [0.717, 1.165) is 18.0 Å². The van der Waals surface area contributed by atoms with Crippen molar-refractivity contribution in [3.63, 3.8) is 0 Å². The lowest BCUT2D eigenvalue weighted by Crippen LogP contribution is -2.43. The summed E-state index contributed by atoms with van der Waals surface area (Å²) in [5.74, 6) is 0.942. The molecule has 1 aliphatic carbocycles. The molecule has 2 fully saturated rings. The lowest BCUT2D eigenvalue weighted by Gasteiger charge is -2.31. The van der Waals surface area contributed by atoms with Crippen molar-refractivity contribution in [2.24, 2.45) is 5.92 Å². The molecule has 1 heterocycles. The van der Waals surface area contributed by atoms with Gasteiger partial charge in [0.25, 0.3) is 0 Å². The van der Waals surface area contributed by atoms with Gasteiger partial charge in [0.1, 0.15) is 0 Å². The van der Waals surface area contributed by atoms with Gasteiger partial charge in [0.15, 0.2) is 0 Å². The molecule has 0 bridgehead atoms. The quantitative estimate of drug-likeness (QED) is 0.810. The highest BCUT2D eigenvalue weighted by atomic mass is 15.2. The molecule has 0 spiro atoms. The Balaban J connectivity index is 1.73. The van der Waals surface area contributed by atoms with Crippen LogP contribution >= 0.6 is 0 Å². The van der Waals surface area contributed by atoms with Crippen LogP contribution in [0.15, 0.2) is 0 Å². The zero-order valence-corrected chi connectivity index (χ0v) is 11.9. The molecule has 1 saturated carbocycles. The first-order valence-corrected chi connectivity index (χ1v) is 7.67. The van der Waals surface area contributed by atoms with Crippen molar-refractivity contribution in [3.05, 3.63) is 0 Å². The van der Waals surface area contributed by atoms with Gasteiger partial charge in [-0.25, -0.2) is 0 Å². The molecule has 17 heavy (non-hydrogen) atoms. The maximum atomic E-state index is 3.89. The minimum atomic E-state index is 0.715. The predicted molar refractivity (Wildman–Crippen MR) is 74.3 cm³/mol. The Kier molecular flexibility index (Phi) is 4.87. The molecule has 2 heteroatoms. The largest absolute Gasteiger partial charge is 0.310 e. The van der Waals surface area contributed by atoms with E-state index < -0.39 is 0 Å². The maximum absolute atomic E-state index is 3.89. The second-order valence-corrected chi connectivity index (χ2v) is 6.43. The zero-order chi connectivity index (χ0) is 12.3. The fourth-order valence-electron chi connectivity index (χ4n) is 3.53. The first-order valence-electron chi connectivity index (χ1n) is 7.67. The van der Waals surface area contributed by atoms with Gasteiger partial charge < -0.3 is 5.32 Å². The van der Waals surface area contributed by atoms with Crippen LogP contribution in [-0.2, 0) is 0 Å². The summed E-state index contributed by atoms with van der Waals surface area (Å²) in [6, 6.07) is 2.19. The molecule has 100 valence electrons. The van der Waals surface area contributed by atoms with E-state index in [1.165, 1.54) is 51.6 Å². The molecular weight excluding hydrogens is 208 g/mol. The third-order valence-corrected chi connectivity index (χ3v) is 4.81. The first-order chi connectivity index (χ1) is 8.16. The van der Waals surface area contributed by atoms with E-state index in [0.29, 0.717) is 6.04 Å². The lowest BCUT2D eigenvalue weighted by atomic mass is 9.84. The molecule has 1 saturated heterocycles. The SMILES string of the molecule is CC(NC1CCN(C(C)C)C1)C1CCCCC1. The average Bonchev–Trinajstić information content (AvgIpc) is 2.79. The van der Waals surface area contributed by atoms with Gasteiger partial charge in [-0.3, -0.25) is 4.90 Å². The molecule has 2 atom stereocenters. The molecule has 2 rings (SSSR count). The number of rotatable bonds is 4. The molecular formula is C15H30N2. The molecule has 0 aromatic heterocycles.